The van der Waals surface area contributed by atoms with Crippen LogP contribution in [0.2, 0.25) is 0 Å². The van der Waals surface area contributed by atoms with Gasteiger partial charge in [0, 0.05) is 11.6 Å². The molecule has 3 rings (SSSR count). The van der Waals surface area contributed by atoms with E-state index in [1.165, 1.54) is 24.4 Å². The van der Waals surface area contributed by atoms with E-state index in [0.29, 0.717) is 5.39 Å². The van der Waals surface area contributed by atoms with Crippen LogP contribution in [0.25, 0.3) is 16.3 Å². The summed E-state index contributed by atoms with van der Waals surface area (Å²) in [5.41, 5.74) is 5.28. The summed E-state index contributed by atoms with van der Waals surface area (Å²) in [6.45, 7) is 2.82. The van der Waals surface area contributed by atoms with Crippen molar-refractivity contribution in [1.29, 1.82) is 0 Å². The quantitative estimate of drug-likeness (QED) is 0.708. The second-order valence-corrected chi connectivity index (χ2v) is 10.2. The highest BCUT2D eigenvalue weighted by Crippen LogP contribution is 2.37. The molecule has 0 aliphatic rings. The molecule has 7 nitrogen and oxygen atoms in total. The Kier molecular flexibility index (Phi) is 4.32. The van der Waals surface area contributed by atoms with E-state index in [2.05, 4.69) is 0 Å². The fraction of sp³-hybridized carbons (Fsp3) is 0.235. The number of hydrogen-bond acceptors (Lipinski definition) is 5. The average molecular weight is 394 g/mol. The number of fused-ring (bicyclic) bond motifs is 3. The Balaban J connectivity index is 2.77. The van der Waals surface area contributed by atoms with Gasteiger partial charge in [-0.25, -0.2) is 16.8 Å². The van der Waals surface area contributed by atoms with Gasteiger partial charge in [-0.15, -0.1) is 0 Å². The molecule has 0 aliphatic carbocycles. The van der Waals surface area contributed by atoms with Crippen molar-refractivity contribution in [2.24, 2.45) is 5.73 Å². The van der Waals surface area contributed by atoms with Crippen LogP contribution in [0.4, 0.5) is 0 Å². The first kappa shape index (κ1) is 18.4. The molecule has 2 N–H and O–H groups in total. The molecule has 26 heavy (non-hydrogen) atoms. The molecule has 1 amide bonds. The molecule has 0 aliphatic heterocycles. The number of benzene rings is 1. The van der Waals surface area contributed by atoms with Crippen LogP contribution in [0.5, 0.6) is 0 Å². The largest absolute Gasteiger partial charge is 0.364 e. The lowest BCUT2D eigenvalue weighted by atomic mass is 10.1. The molecule has 0 bridgehead atoms. The summed E-state index contributed by atoms with van der Waals surface area (Å²) in [6, 6.07) is 8.65. The smallest absolute Gasteiger partial charge is 0.267 e. The van der Waals surface area contributed by atoms with Crippen LogP contribution in [0, 0.1) is 0 Å². The fourth-order valence-electron chi connectivity index (χ4n) is 3.06. The molecule has 2 aromatic heterocycles. The lowest BCUT2D eigenvalue weighted by Gasteiger charge is -2.07. The molecule has 0 saturated carbocycles. The zero-order chi connectivity index (χ0) is 19.3. The maximum atomic E-state index is 12.8. The van der Waals surface area contributed by atoms with Crippen LogP contribution in [0.1, 0.15) is 24.3 Å². The Labute approximate surface area is 151 Å². The third-order valence-corrected chi connectivity index (χ3v) is 8.04. The molecule has 0 saturated heterocycles. The predicted octanol–water partition coefficient (Wildman–Crippen LogP) is 1.78. The average Bonchev–Trinajstić information content (AvgIpc) is 2.99. The molecule has 1 aromatic carbocycles. The van der Waals surface area contributed by atoms with E-state index in [1.807, 2.05) is 0 Å². The Morgan fingerprint density at radius 1 is 0.962 bits per heavy atom. The number of sulfone groups is 2. The van der Waals surface area contributed by atoms with Gasteiger partial charge >= 0.3 is 0 Å². The maximum Gasteiger partial charge on any atom is 0.267 e. The number of aromatic nitrogens is 1. The number of carbonyl (C=O) groups is 1. The van der Waals surface area contributed by atoms with Gasteiger partial charge < -0.3 is 10.1 Å². The van der Waals surface area contributed by atoms with Crippen LogP contribution < -0.4 is 5.73 Å². The van der Waals surface area contributed by atoms with Gasteiger partial charge in [0.1, 0.15) is 15.5 Å². The van der Waals surface area contributed by atoms with Crippen LogP contribution >= 0.6 is 0 Å². The monoisotopic (exact) mass is 394 g/mol. The molecule has 0 spiro atoms. The topological polar surface area (TPSA) is 116 Å². The highest BCUT2D eigenvalue weighted by Gasteiger charge is 2.36. The Bertz CT molecular complexity index is 1260. The molecular weight excluding hydrogens is 376 g/mol. The van der Waals surface area contributed by atoms with Gasteiger partial charge in [-0.1, -0.05) is 38.1 Å². The van der Waals surface area contributed by atoms with Gasteiger partial charge in [0.15, 0.2) is 19.7 Å². The molecule has 0 fully saturated rings. The van der Waals surface area contributed by atoms with Crippen molar-refractivity contribution < 1.29 is 21.6 Å². The van der Waals surface area contributed by atoms with Gasteiger partial charge in [0.2, 0.25) is 0 Å². The van der Waals surface area contributed by atoms with E-state index in [-0.39, 0.29) is 27.6 Å². The van der Waals surface area contributed by atoms with Crippen LogP contribution in [-0.2, 0) is 19.7 Å². The molecular formula is C17H18N2O5S2. The van der Waals surface area contributed by atoms with Crippen LogP contribution in [0.15, 0.2) is 46.3 Å². The number of primary amides is 1. The van der Waals surface area contributed by atoms with Gasteiger partial charge in [0.25, 0.3) is 5.91 Å². The van der Waals surface area contributed by atoms with Crippen molar-refractivity contribution in [1.82, 2.24) is 4.40 Å². The standard InChI is InChI=1S/C17H18N2O5S2/c1-3-25(21,22)15-13-12-8-6-5-7-11(12)9-10-19(13)14(17(18)20)16(15)26(23,24)4-2/h5-10H,3-4H2,1-2H3,(H2,18,20). The number of nitrogens with zero attached hydrogens (tertiary/aromatic N) is 1. The van der Waals surface area contributed by atoms with Crippen LogP contribution in [-0.4, -0.2) is 38.6 Å². The zero-order valence-corrected chi connectivity index (χ0v) is 15.9. The van der Waals surface area contributed by atoms with Crippen LogP contribution in [0.3, 0.4) is 0 Å². The summed E-state index contributed by atoms with van der Waals surface area (Å²) >= 11 is 0. The SMILES string of the molecule is CCS(=O)(=O)c1c(S(=O)(=O)CC)c2c3ccccc3ccn2c1C(N)=O. The minimum absolute atomic E-state index is 0.158. The Morgan fingerprint density at radius 2 is 1.54 bits per heavy atom. The highest BCUT2D eigenvalue weighted by atomic mass is 32.2. The third kappa shape index (κ3) is 2.58. The second kappa shape index (κ2) is 6.10. The van der Waals surface area contributed by atoms with Crippen molar-refractivity contribution in [3.05, 3.63) is 42.2 Å². The number of hydrogen-bond donors (Lipinski definition) is 1. The first-order chi connectivity index (χ1) is 12.2. The van der Waals surface area contributed by atoms with Gasteiger partial charge in [-0.2, -0.15) is 0 Å². The molecule has 0 radical (unpaired) electrons. The summed E-state index contributed by atoms with van der Waals surface area (Å²) in [5.74, 6) is -1.66. The molecule has 0 atom stereocenters. The molecule has 9 heteroatoms. The van der Waals surface area contributed by atoms with Crippen molar-refractivity contribution in [2.75, 3.05) is 11.5 Å². The minimum Gasteiger partial charge on any atom is -0.364 e. The van der Waals surface area contributed by atoms with E-state index in [1.54, 1.807) is 30.3 Å². The van der Waals surface area contributed by atoms with Crippen molar-refractivity contribution in [2.45, 2.75) is 23.6 Å². The van der Waals surface area contributed by atoms with Crippen molar-refractivity contribution in [3.63, 3.8) is 0 Å². The summed E-state index contributed by atoms with van der Waals surface area (Å²) in [4.78, 5) is 11.2. The lowest BCUT2D eigenvalue weighted by Crippen LogP contribution is -2.19. The number of pyridine rings is 1. The summed E-state index contributed by atoms with van der Waals surface area (Å²) in [7, 11) is -7.99. The van der Waals surface area contributed by atoms with Crippen molar-refractivity contribution >= 4 is 41.9 Å². The second-order valence-electron chi connectivity index (χ2n) is 5.80. The first-order valence-corrected chi connectivity index (χ1v) is 11.3. The van der Waals surface area contributed by atoms with Gasteiger partial charge in [0.05, 0.1) is 17.0 Å². The zero-order valence-electron chi connectivity index (χ0n) is 14.3. The molecule has 3 aromatic rings. The predicted molar refractivity (Wildman–Crippen MR) is 98.9 cm³/mol. The van der Waals surface area contributed by atoms with E-state index in [0.717, 1.165) is 5.39 Å². The number of nitrogens with two attached hydrogens (primary N) is 1. The Hall–Kier alpha value is -2.39. The number of carbonyl (C=O) groups excluding carboxylic acids is 1. The summed E-state index contributed by atoms with van der Waals surface area (Å²) in [5, 5.41) is 1.25. The van der Waals surface area contributed by atoms with Gasteiger partial charge in [-0.05, 0) is 11.5 Å². The first-order valence-electron chi connectivity index (χ1n) is 7.96. The number of rotatable bonds is 5. The van der Waals surface area contributed by atoms with E-state index in [9.17, 15) is 21.6 Å². The van der Waals surface area contributed by atoms with E-state index in [4.69, 9.17) is 5.73 Å². The third-order valence-electron chi connectivity index (χ3n) is 4.35. The van der Waals surface area contributed by atoms with Gasteiger partial charge in [-0.3, -0.25) is 4.79 Å². The van der Waals surface area contributed by atoms with Crippen molar-refractivity contribution in [3.8, 4) is 0 Å². The summed E-state index contributed by atoms with van der Waals surface area (Å²) < 4.78 is 52.4. The minimum atomic E-state index is -4.03. The normalized spacial score (nSPS) is 12.7. The number of amides is 1. The fourth-order valence-corrected chi connectivity index (χ4v) is 6.15. The van der Waals surface area contributed by atoms with E-state index >= 15 is 0 Å². The highest BCUT2D eigenvalue weighted by molar-refractivity contribution is 7.94. The molecule has 0 unspecified atom stereocenters. The summed E-state index contributed by atoms with van der Waals surface area (Å²) in [6.07, 6.45) is 1.47. The van der Waals surface area contributed by atoms with E-state index < -0.39 is 30.5 Å². The maximum absolute atomic E-state index is 12.8. The lowest BCUT2D eigenvalue weighted by molar-refractivity contribution is 0.0991. The molecule has 138 valence electrons. The molecule has 2 heterocycles. The Morgan fingerprint density at radius 3 is 2.12 bits per heavy atom.